The number of ether oxygens (including phenoxy) is 1. The number of aliphatic hydroxyl groups is 1. The van der Waals surface area contributed by atoms with Gasteiger partial charge in [0, 0.05) is 30.3 Å². The first-order valence-corrected chi connectivity index (χ1v) is 6.09. The Morgan fingerprint density at radius 2 is 2.00 bits per heavy atom. The van der Waals surface area contributed by atoms with E-state index in [4.69, 9.17) is 4.74 Å². The largest absolute Gasteiger partial charge is 0.497 e. The second kappa shape index (κ2) is 4.57. The molecule has 1 aromatic carbocycles. The van der Waals surface area contributed by atoms with Crippen LogP contribution in [0.25, 0.3) is 0 Å². The minimum absolute atomic E-state index is 0.113. The molecule has 1 aliphatic rings. The van der Waals surface area contributed by atoms with Crippen LogP contribution < -0.4 is 9.64 Å². The van der Waals surface area contributed by atoms with Crippen LogP contribution >= 0.6 is 0 Å². The van der Waals surface area contributed by atoms with Gasteiger partial charge in [0.15, 0.2) is 0 Å². The third kappa shape index (κ3) is 2.39. The van der Waals surface area contributed by atoms with Crippen molar-refractivity contribution in [3.05, 3.63) is 24.3 Å². The lowest BCUT2D eigenvalue weighted by atomic mass is 9.97. The second-order valence-corrected chi connectivity index (χ2v) is 5.37. The molecule has 3 nitrogen and oxygen atoms in total. The van der Waals surface area contributed by atoms with E-state index in [1.807, 2.05) is 12.1 Å². The standard InChI is InChI=1S/C14H21NO2/c1-14(2)8-11(10-16)9-15(14)12-4-6-13(17-3)7-5-12/h4-7,11,16H,8-10H2,1-3H3. The Balaban J connectivity index is 2.20. The molecule has 0 bridgehead atoms. The summed E-state index contributed by atoms with van der Waals surface area (Å²) in [6.45, 7) is 5.66. The van der Waals surface area contributed by atoms with Crippen LogP contribution in [-0.4, -0.2) is 30.9 Å². The Morgan fingerprint density at radius 1 is 1.35 bits per heavy atom. The Morgan fingerprint density at radius 3 is 2.47 bits per heavy atom. The zero-order chi connectivity index (χ0) is 12.5. The van der Waals surface area contributed by atoms with Crippen molar-refractivity contribution < 1.29 is 9.84 Å². The highest BCUT2D eigenvalue weighted by Crippen LogP contribution is 2.36. The summed E-state index contributed by atoms with van der Waals surface area (Å²) >= 11 is 0. The fraction of sp³-hybridized carbons (Fsp3) is 0.571. The highest BCUT2D eigenvalue weighted by atomic mass is 16.5. The fourth-order valence-electron chi connectivity index (χ4n) is 2.73. The zero-order valence-corrected chi connectivity index (χ0v) is 10.8. The molecule has 1 saturated heterocycles. The topological polar surface area (TPSA) is 32.7 Å². The molecule has 0 saturated carbocycles. The monoisotopic (exact) mass is 235 g/mol. The quantitative estimate of drug-likeness (QED) is 0.872. The first-order valence-electron chi connectivity index (χ1n) is 6.09. The number of anilines is 1. The SMILES string of the molecule is COc1ccc(N2CC(CO)CC2(C)C)cc1. The van der Waals surface area contributed by atoms with Crippen LogP contribution in [0, 0.1) is 5.92 Å². The normalized spacial score (nSPS) is 22.8. The zero-order valence-electron chi connectivity index (χ0n) is 10.8. The summed E-state index contributed by atoms with van der Waals surface area (Å²) in [5.74, 6) is 1.26. The second-order valence-electron chi connectivity index (χ2n) is 5.37. The van der Waals surface area contributed by atoms with E-state index in [-0.39, 0.29) is 12.1 Å². The lowest BCUT2D eigenvalue weighted by Crippen LogP contribution is -2.38. The van der Waals surface area contributed by atoms with Crippen LogP contribution in [0.3, 0.4) is 0 Å². The Labute approximate surface area is 103 Å². The highest BCUT2D eigenvalue weighted by Gasteiger charge is 2.37. The summed E-state index contributed by atoms with van der Waals surface area (Å²) in [7, 11) is 1.68. The summed E-state index contributed by atoms with van der Waals surface area (Å²) in [5, 5.41) is 9.30. The first-order chi connectivity index (χ1) is 8.06. The molecular formula is C14H21NO2. The van der Waals surface area contributed by atoms with Crippen molar-refractivity contribution >= 4 is 5.69 Å². The summed E-state index contributed by atoms with van der Waals surface area (Å²) in [6.07, 6.45) is 1.04. The summed E-state index contributed by atoms with van der Waals surface area (Å²) in [6, 6.07) is 8.13. The minimum atomic E-state index is 0.113. The lowest BCUT2D eigenvalue weighted by molar-refractivity contribution is 0.232. The molecular weight excluding hydrogens is 214 g/mol. The molecule has 0 aromatic heterocycles. The number of hydrogen-bond donors (Lipinski definition) is 1. The molecule has 1 unspecified atom stereocenters. The van der Waals surface area contributed by atoms with Crippen molar-refractivity contribution in [2.75, 3.05) is 25.2 Å². The van der Waals surface area contributed by atoms with Gasteiger partial charge in [0.25, 0.3) is 0 Å². The Kier molecular flexibility index (Phi) is 3.29. The van der Waals surface area contributed by atoms with Gasteiger partial charge in [-0.05, 0) is 44.5 Å². The van der Waals surface area contributed by atoms with Crippen molar-refractivity contribution in [1.29, 1.82) is 0 Å². The van der Waals surface area contributed by atoms with Crippen LogP contribution in [0.5, 0.6) is 5.75 Å². The molecule has 1 fully saturated rings. The third-order valence-electron chi connectivity index (χ3n) is 3.60. The fourth-order valence-corrected chi connectivity index (χ4v) is 2.73. The van der Waals surface area contributed by atoms with Gasteiger partial charge >= 0.3 is 0 Å². The van der Waals surface area contributed by atoms with Gasteiger partial charge in [0.2, 0.25) is 0 Å². The summed E-state index contributed by atoms with van der Waals surface area (Å²) in [4.78, 5) is 2.37. The van der Waals surface area contributed by atoms with Gasteiger partial charge in [-0.15, -0.1) is 0 Å². The number of aliphatic hydroxyl groups excluding tert-OH is 1. The maximum absolute atomic E-state index is 9.30. The van der Waals surface area contributed by atoms with E-state index in [0.717, 1.165) is 18.7 Å². The van der Waals surface area contributed by atoms with E-state index < -0.39 is 0 Å². The van der Waals surface area contributed by atoms with Crippen LogP contribution in [0.1, 0.15) is 20.3 Å². The number of methoxy groups -OCH3 is 1. The van der Waals surface area contributed by atoms with Gasteiger partial charge in [-0.1, -0.05) is 0 Å². The van der Waals surface area contributed by atoms with Crippen molar-refractivity contribution in [3.8, 4) is 5.75 Å². The van der Waals surface area contributed by atoms with Gasteiger partial charge in [0.05, 0.1) is 7.11 Å². The van der Waals surface area contributed by atoms with Crippen LogP contribution in [0.15, 0.2) is 24.3 Å². The lowest BCUT2D eigenvalue weighted by Gasteiger charge is -2.33. The molecule has 0 aliphatic carbocycles. The van der Waals surface area contributed by atoms with Gasteiger partial charge in [0.1, 0.15) is 5.75 Å². The van der Waals surface area contributed by atoms with Crippen LogP contribution in [0.2, 0.25) is 0 Å². The van der Waals surface area contributed by atoms with Crippen molar-refractivity contribution in [1.82, 2.24) is 0 Å². The third-order valence-corrected chi connectivity index (χ3v) is 3.60. The van der Waals surface area contributed by atoms with Crippen LogP contribution in [-0.2, 0) is 0 Å². The maximum atomic E-state index is 9.30. The molecule has 1 heterocycles. The number of hydrogen-bond acceptors (Lipinski definition) is 3. The highest BCUT2D eigenvalue weighted by molar-refractivity contribution is 5.52. The van der Waals surface area contributed by atoms with Crippen molar-refractivity contribution in [3.63, 3.8) is 0 Å². The molecule has 0 spiro atoms. The molecule has 17 heavy (non-hydrogen) atoms. The molecule has 1 aliphatic heterocycles. The molecule has 0 radical (unpaired) electrons. The van der Waals surface area contributed by atoms with Gasteiger partial charge in [-0.3, -0.25) is 0 Å². The molecule has 1 aromatic rings. The van der Waals surface area contributed by atoms with E-state index in [1.54, 1.807) is 7.11 Å². The average Bonchev–Trinajstić information content (AvgIpc) is 2.64. The van der Waals surface area contributed by atoms with E-state index in [9.17, 15) is 5.11 Å². The molecule has 1 atom stereocenters. The predicted molar refractivity (Wildman–Crippen MR) is 69.6 cm³/mol. The smallest absolute Gasteiger partial charge is 0.119 e. The van der Waals surface area contributed by atoms with Crippen molar-refractivity contribution in [2.45, 2.75) is 25.8 Å². The Hall–Kier alpha value is -1.22. The maximum Gasteiger partial charge on any atom is 0.119 e. The molecule has 94 valence electrons. The van der Waals surface area contributed by atoms with E-state index in [0.29, 0.717) is 5.92 Å². The number of rotatable bonds is 3. The van der Waals surface area contributed by atoms with Gasteiger partial charge in [-0.2, -0.15) is 0 Å². The molecule has 2 rings (SSSR count). The molecule has 1 N–H and O–H groups in total. The van der Waals surface area contributed by atoms with E-state index in [2.05, 4.69) is 30.9 Å². The van der Waals surface area contributed by atoms with E-state index in [1.165, 1.54) is 5.69 Å². The van der Waals surface area contributed by atoms with Crippen molar-refractivity contribution in [2.24, 2.45) is 5.92 Å². The first kappa shape index (κ1) is 12.2. The minimum Gasteiger partial charge on any atom is -0.497 e. The number of benzene rings is 1. The predicted octanol–water partition coefficient (Wildman–Crippen LogP) is 2.29. The average molecular weight is 235 g/mol. The Bertz CT molecular complexity index is 372. The summed E-state index contributed by atoms with van der Waals surface area (Å²) in [5.41, 5.74) is 1.31. The van der Waals surface area contributed by atoms with Gasteiger partial charge < -0.3 is 14.7 Å². The molecule has 0 amide bonds. The summed E-state index contributed by atoms with van der Waals surface area (Å²) < 4.78 is 5.17. The number of nitrogens with zero attached hydrogens (tertiary/aromatic N) is 1. The van der Waals surface area contributed by atoms with Crippen LogP contribution in [0.4, 0.5) is 5.69 Å². The van der Waals surface area contributed by atoms with E-state index >= 15 is 0 Å². The van der Waals surface area contributed by atoms with Gasteiger partial charge in [-0.25, -0.2) is 0 Å². The molecule has 3 heteroatoms.